The normalized spacial score (nSPS) is 18.5. The first-order valence-corrected chi connectivity index (χ1v) is 5.68. The molecule has 0 aliphatic heterocycles. The third-order valence-corrected chi connectivity index (χ3v) is 3.51. The first-order valence-electron chi connectivity index (χ1n) is 5.15. The second-order valence-corrected chi connectivity index (χ2v) is 4.40. The van der Waals surface area contributed by atoms with Crippen LogP contribution < -0.4 is 5.32 Å². The number of hydrogen-bond donors (Lipinski definition) is 1. The molecule has 0 saturated heterocycles. The Kier molecular flexibility index (Phi) is 3.22. The van der Waals surface area contributed by atoms with Crippen molar-refractivity contribution >= 4 is 11.6 Å². The standard InChI is InChI=1S/C11H14ClFN2/c12-8-11(2-1-3-11)15-6-9-4-10(13)7-14-5-9/h4-5,7,15H,1-3,6,8H2. The van der Waals surface area contributed by atoms with E-state index >= 15 is 0 Å². The van der Waals surface area contributed by atoms with Crippen LogP contribution >= 0.6 is 11.6 Å². The van der Waals surface area contributed by atoms with Gasteiger partial charge in [0.2, 0.25) is 0 Å². The Hall–Kier alpha value is -0.670. The van der Waals surface area contributed by atoms with Crippen LogP contribution in [0.3, 0.4) is 0 Å². The molecule has 2 nitrogen and oxygen atoms in total. The highest BCUT2D eigenvalue weighted by atomic mass is 35.5. The maximum atomic E-state index is 12.8. The monoisotopic (exact) mass is 228 g/mol. The highest BCUT2D eigenvalue weighted by molar-refractivity contribution is 6.18. The Morgan fingerprint density at radius 2 is 2.27 bits per heavy atom. The molecule has 0 unspecified atom stereocenters. The summed E-state index contributed by atoms with van der Waals surface area (Å²) in [7, 11) is 0. The molecule has 0 spiro atoms. The lowest BCUT2D eigenvalue weighted by atomic mass is 9.78. The molecule has 0 atom stereocenters. The molecular weight excluding hydrogens is 215 g/mol. The minimum absolute atomic E-state index is 0.0773. The third-order valence-electron chi connectivity index (χ3n) is 3.00. The average molecular weight is 229 g/mol. The molecule has 15 heavy (non-hydrogen) atoms. The maximum Gasteiger partial charge on any atom is 0.141 e. The van der Waals surface area contributed by atoms with E-state index in [0.29, 0.717) is 12.4 Å². The van der Waals surface area contributed by atoms with Crippen molar-refractivity contribution in [3.8, 4) is 0 Å². The van der Waals surface area contributed by atoms with Crippen molar-refractivity contribution in [3.63, 3.8) is 0 Å². The molecule has 1 aliphatic rings. The molecule has 4 heteroatoms. The van der Waals surface area contributed by atoms with Gasteiger partial charge >= 0.3 is 0 Å². The summed E-state index contributed by atoms with van der Waals surface area (Å²) in [5.74, 6) is 0.332. The van der Waals surface area contributed by atoms with Crippen molar-refractivity contribution in [2.24, 2.45) is 0 Å². The molecule has 1 saturated carbocycles. The number of aromatic nitrogens is 1. The number of pyridine rings is 1. The van der Waals surface area contributed by atoms with Gasteiger partial charge in [0.1, 0.15) is 5.82 Å². The molecule has 1 aliphatic carbocycles. The SMILES string of the molecule is Fc1cncc(CNC2(CCl)CCC2)c1. The van der Waals surface area contributed by atoms with Crippen LogP contribution in [0.2, 0.25) is 0 Å². The van der Waals surface area contributed by atoms with Gasteiger partial charge in [0.25, 0.3) is 0 Å². The fourth-order valence-corrected chi connectivity index (χ4v) is 2.17. The average Bonchev–Trinajstić information content (AvgIpc) is 2.17. The number of hydrogen-bond acceptors (Lipinski definition) is 2. The number of rotatable bonds is 4. The molecule has 82 valence electrons. The molecular formula is C11H14ClFN2. The molecule has 2 rings (SSSR count). The zero-order chi connectivity index (χ0) is 10.7. The van der Waals surface area contributed by atoms with E-state index in [1.807, 2.05) is 0 Å². The van der Waals surface area contributed by atoms with Crippen molar-refractivity contribution in [1.29, 1.82) is 0 Å². The van der Waals surface area contributed by atoms with Crippen LogP contribution in [0.15, 0.2) is 18.5 Å². The zero-order valence-electron chi connectivity index (χ0n) is 8.47. The van der Waals surface area contributed by atoms with Crippen LogP contribution in [0.1, 0.15) is 24.8 Å². The van der Waals surface area contributed by atoms with Gasteiger partial charge in [-0.1, -0.05) is 0 Å². The van der Waals surface area contributed by atoms with Gasteiger partial charge in [-0.2, -0.15) is 0 Å². The van der Waals surface area contributed by atoms with Crippen molar-refractivity contribution in [2.45, 2.75) is 31.3 Å². The van der Waals surface area contributed by atoms with E-state index in [-0.39, 0.29) is 11.4 Å². The van der Waals surface area contributed by atoms with E-state index in [0.717, 1.165) is 18.4 Å². The Bertz CT molecular complexity index is 334. The van der Waals surface area contributed by atoms with E-state index in [1.54, 1.807) is 6.20 Å². The quantitative estimate of drug-likeness (QED) is 0.801. The number of nitrogens with zero attached hydrogens (tertiary/aromatic N) is 1. The van der Waals surface area contributed by atoms with Crippen molar-refractivity contribution in [3.05, 3.63) is 29.8 Å². The summed E-state index contributed by atoms with van der Waals surface area (Å²) in [6, 6.07) is 1.50. The maximum absolute atomic E-state index is 12.8. The Morgan fingerprint density at radius 3 is 2.80 bits per heavy atom. The molecule has 0 bridgehead atoms. The van der Waals surface area contributed by atoms with Crippen LogP contribution in [0.4, 0.5) is 4.39 Å². The molecule has 1 aromatic rings. The summed E-state index contributed by atoms with van der Waals surface area (Å²) in [4.78, 5) is 3.81. The van der Waals surface area contributed by atoms with Gasteiger partial charge in [0.15, 0.2) is 0 Å². The molecule has 0 aromatic carbocycles. The fourth-order valence-electron chi connectivity index (χ4n) is 1.80. The van der Waals surface area contributed by atoms with Gasteiger partial charge in [-0.15, -0.1) is 11.6 Å². The third kappa shape index (κ3) is 2.47. The van der Waals surface area contributed by atoms with Crippen LogP contribution in [0.25, 0.3) is 0 Å². The predicted molar refractivity (Wildman–Crippen MR) is 58.3 cm³/mol. The van der Waals surface area contributed by atoms with Gasteiger partial charge in [0, 0.05) is 24.2 Å². The van der Waals surface area contributed by atoms with Crippen molar-refractivity contribution in [2.75, 3.05) is 5.88 Å². The van der Waals surface area contributed by atoms with Gasteiger partial charge in [-0.3, -0.25) is 4.98 Å². The second kappa shape index (κ2) is 4.45. The summed E-state index contributed by atoms with van der Waals surface area (Å²) in [6.07, 6.45) is 6.33. The fraction of sp³-hybridized carbons (Fsp3) is 0.545. The predicted octanol–water partition coefficient (Wildman–Crippen LogP) is 2.47. The van der Waals surface area contributed by atoms with E-state index in [1.165, 1.54) is 18.7 Å². The molecule has 1 heterocycles. The molecule has 0 radical (unpaired) electrons. The van der Waals surface area contributed by atoms with Crippen molar-refractivity contribution < 1.29 is 4.39 Å². The molecule has 1 aromatic heterocycles. The van der Waals surface area contributed by atoms with E-state index in [2.05, 4.69) is 10.3 Å². The first kappa shape index (κ1) is 10.8. The van der Waals surface area contributed by atoms with E-state index < -0.39 is 0 Å². The second-order valence-electron chi connectivity index (χ2n) is 4.13. The number of alkyl halides is 1. The Labute approximate surface area is 93.9 Å². The van der Waals surface area contributed by atoms with E-state index in [9.17, 15) is 4.39 Å². The summed E-state index contributed by atoms with van der Waals surface area (Å²) >= 11 is 5.91. The smallest absolute Gasteiger partial charge is 0.141 e. The summed E-state index contributed by atoms with van der Waals surface area (Å²) < 4.78 is 12.8. The van der Waals surface area contributed by atoms with Crippen molar-refractivity contribution in [1.82, 2.24) is 10.3 Å². The highest BCUT2D eigenvalue weighted by Crippen LogP contribution is 2.33. The summed E-state index contributed by atoms with van der Waals surface area (Å²) in [5, 5.41) is 3.39. The number of nitrogens with one attached hydrogen (secondary N) is 1. The lowest BCUT2D eigenvalue weighted by Gasteiger charge is -2.41. The lowest BCUT2D eigenvalue weighted by Crippen LogP contribution is -2.52. The topological polar surface area (TPSA) is 24.9 Å². The highest BCUT2D eigenvalue weighted by Gasteiger charge is 2.35. The van der Waals surface area contributed by atoms with Gasteiger partial charge in [-0.05, 0) is 30.9 Å². The molecule has 0 amide bonds. The Balaban J connectivity index is 1.92. The van der Waals surface area contributed by atoms with Gasteiger partial charge in [-0.25, -0.2) is 4.39 Å². The summed E-state index contributed by atoms with van der Waals surface area (Å²) in [5.41, 5.74) is 0.944. The largest absolute Gasteiger partial charge is 0.306 e. The van der Waals surface area contributed by atoms with Crippen LogP contribution in [-0.2, 0) is 6.54 Å². The van der Waals surface area contributed by atoms with Crippen LogP contribution in [-0.4, -0.2) is 16.4 Å². The zero-order valence-corrected chi connectivity index (χ0v) is 9.23. The molecule has 1 fully saturated rings. The number of halogens is 2. The van der Waals surface area contributed by atoms with Gasteiger partial charge in [0.05, 0.1) is 6.20 Å². The Morgan fingerprint density at radius 1 is 1.47 bits per heavy atom. The van der Waals surface area contributed by atoms with Crippen LogP contribution in [0.5, 0.6) is 0 Å². The van der Waals surface area contributed by atoms with Gasteiger partial charge < -0.3 is 5.32 Å². The first-order chi connectivity index (χ1) is 7.24. The lowest BCUT2D eigenvalue weighted by molar-refractivity contribution is 0.211. The van der Waals surface area contributed by atoms with E-state index in [4.69, 9.17) is 11.6 Å². The minimum Gasteiger partial charge on any atom is -0.306 e. The molecule has 1 N–H and O–H groups in total. The minimum atomic E-state index is -0.289. The van der Waals surface area contributed by atoms with Crippen LogP contribution in [0, 0.1) is 5.82 Å². The summed E-state index contributed by atoms with van der Waals surface area (Å²) in [6.45, 7) is 0.636.